The predicted octanol–water partition coefficient (Wildman–Crippen LogP) is 2.03. The van der Waals surface area contributed by atoms with Crippen LogP contribution in [0.15, 0.2) is 0 Å². The minimum Gasteiger partial charge on any atom is -0.378 e. The first-order valence-electron chi connectivity index (χ1n) is 4.62. The Hall–Kier alpha value is -0.370. The van der Waals surface area contributed by atoms with Crippen LogP contribution in [0.2, 0.25) is 0 Å². The minimum absolute atomic E-state index is 0.185. The fourth-order valence-electron chi connectivity index (χ4n) is 1.40. The lowest BCUT2D eigenvalue weighted by molar-refractivity contribution is -0.128. The number of carbonyl (C=O) groups excluding carboxylic acids is 1. The van der Waals surface area contributed by atoms with E-state index in [0.717, 1.165) is 13.0 Å². The molecule has 0 saturated heterocycles. The van der Waals surface area contributed by atoms with Crippen molar-refractivity contribution in [3.63, 3.8) is 0 Å². The molecular weight excluding hydrogens is 152 g/mol. The summed E-state index contributed by atoms with van der Waals surface area (Å²) in [7, 11) is 0. The smallest absolute Gasteiger partial charge is 0.143 e. The third-order valence-electron chi connectivity index (χ3n) is 2.19. The lowest BCUT2D eigenvalue weighted by atomic mass is 9.88. The predicted molar refractivity (Wildman–Crippen MR) is 48.0 cm³/mol. The summed E-state index contributed by atoms with van der Waals surface area (Å²) in [6.07, 6.45) is 1.16. The molecule has 0 radical (unpaired) electrons. The maximum atomic E-state index is 11.6. The standard InChI is InChI=1S/C10H18O2/c1-5-12-8-6-7(8)9(11)10(2,3)4/h7-8H,5-6H2,1-4H3. The van der Waals surface area contributed by atoms with Gasteiger partial charge in [0.05, 0.1) is 6.10 Å². The van der Waals surface area contributed by atoms with Gasteiger partial charge in [0.15, 0.2) is 0 Å². The third-order valence-corrected chi connectivity index (χ3v) is 2.19. The summed E-state index contributed by atoms with van der Waals surface area (Å²) in [4.78, 5) is 11.6. The Morgan fingerprint density at radius 2 is 2.08 bits per heavy atom. The van der Waals surface area contributed by atoms with Crippen LogP contribution in [0, 0.1) is 11.3 Å². The third kappa shape index (κ3) is 2.07. The zero-order valence-corrected chi connectivity index (χ0v) is 8.39. The van der Waals surface area contributed by atoms with E-state index in [9.17, 15) is 4.79 Å². The number of rotatable bonds is 3. The topological polar surface area (TPSA) is 26.3 Å². The van der Waals surface area contributed by atoms with Gasteiger partial charge < -0.3 is 4.74 Å². The van der Waals surface area contributed by atoms with Crippen molar-refractivity contribution in [3.05, 3.63) is 0 Å². The molecule has 0 amide bonds. The van der Waals surface area contributed by atoms with Gasteiger partial charge in [-0.2, -0.15) is 0 Å². The van der Waals surface area contributed by atoms with Crippen molar-refractivity contribution in [1.29, 1.82) is 0 Å². The summed E-state index contributed by atoms with van der Waals surface area (Å²) in [5, 5.41) is 0. The molecule has 2 atom stereocenters. The van der Waals surface area contributed by atoms with Crippen LogP contribution in [-0.2, 0) is 9.53 Å². The molecule has 0 aromatic carbocycles. The Balaban J connectivity index is 2.38. The second-order valence-electron chi connectivity index (χ2n) is 4.45. The van der Waals surface area contributed by atoms with Gasteiger partial charge in [-0.15, -0.1) is 0 Å². The van der Waals surface area contributed by atoms with Gasteiger partial charge in [0.25, 0.3) is 0 Å². The number of ether oxygens (including phenoxy) is 1. The molecule has 0 aliphatic heterocycles. The van der Waals surface area contributed by atoms with Crippen molar-refractivity contribution in [2.45, 2.75) is 40.2 Å². The van der Waals surface area contributed by atoms with E-state index in [1.54, 1.807) is 0 Å². The van der Waals surface area contributed by atoms with E-state index in [4.69, 9.17) is 4.74 Å². The highest BCUT2D eigenvalue weighted by molar-refractivity contribution is 5.88. The molecule has 0 aromatic heterocycles. The van der Waals surface area contributed by atoms with Crippen molar-refractivity contribution >= 4 is 5.78 Å². The van der Waals surface area contributed by atoms with Gasteiger partial charge >= 0.3 is 0 Å². The van der Waals surface area contributed by atoms with Gasteiger partial charge in [-0.1, -0.05) is 20.8 Å². The van der Waals surface area contributed by atoms with Gasteiger partial charge in [-0.05, 0) is 13.3 Å². The van der Waals surface area contributed by atoms with E-state index in [1.165, 1.54) is 0 Å². The minimum atomic E-state index is -0.198. The number of ketones is 1. The zero-order valence-electron chi connectivity index (χ0n) is 8.39. The van der Waals surface area contributed by atoms with E-state index in [1.807, 2.05) is 27.7 Å². The number of hydrogen-bond donors (Lipinski definition) is 0. The maximum absolute atomic E-state index is 11.6. The number of carbonyl (C=O) groups is 1. The summed E-state index contributed by atoms with van der Waals surface area (Å²) >= 11 is 0. The lowest BCUT2D eigenvalue weighted by Gasteiger charge is -2.16. The molecule has 0 aromatic rings. The Labute approximate surface area is 74.3 Å². The highest BCUT2D eigenvalue weighted by atomic mass is 16.5. The molecule has 1 saturated carbocycles. The van der Waals surface area contributed by atoms with Crippen LogP contribution in [0.4, 0.5) is 0 Å². The highest BCUT2D eigenvalue weighted by Crippen LogP contribution is 2.39. The van der Waals surface area contributed by atoms with Crippen LogP contribution in [-0.4, -0.2) is 18.5 Å². The monoisotopic (exact) mass is 170 g/mol. The fraction of sp³-hybridized carbons (Fsp3) is 0.900. The first-order chi connectivity index (χ1) is 5.46. The highest BCUT2D eigenvalue weighted by Gasteiger charge is 2.47. The quantitative estimate of drug-likeness (QED) is 0.647. The molecule has 1 aliphatic carbocycles. The van der Waals surface area contributed by atoms with Crippen LogP contribution in [0.1, 0.15) is 34.1 Å². The SMILES string of the molecule is CCOC1CC1C(=O)C(C)(C)C. The lowest BCUT2D eigenvalue weighted by Crippen LogP contribution is -2.23. The first kappa shape index (κ1) is 9.72. The molecule has 70 valence electrons. The second-order valence-corrected chi connectivity index (χ2v) is 4.45. The molecule has 0 spiro atoms. The van der Waals surface area contributed by atoms with Gasteiger partial charge in [-0.25, -0.2) is 0 Å². The van der Waals surface area contributed by atoms with Crippen LogP contribution >= 0.6 is 0 Å². The van der Waals surface area contributed by atoms with Gasteiger partial charge in [0.2, 0.25) is 0 Å². The van der Waals surface area contributed by atoms with Crippen molar-refractivity contribution in [3.8, 4) is 0 Å². The van der Waals surface area contributed by atoms with Crippen molar-refractivity contribution < 1.29 is 9.53 Å². The van der Waals surface area contributed by atoms with Crippen molar-refractivity contribution in [2.24, 2.45) is 11.3 Å². The Morgan fingerprint density at radius 3 is 2.50 bits per heavy atom. The summed E-state index contributed by atoms with van der Waals surface area (Å²) in [5.41, 5.74) is -0.198. The van der Waals surface area contributed by atoms with E-state index in [-0.39, 0.29) is 17.4 Å². The molecule has 0 N–H and O–H groups in total. The molecule has 0 heterocycles. The van der Waals surface area contributed by atoms with Gasteiger partial charge in [0, 0.05) is 17.9 Å². The molecule has 1 rings (SSSR count). The molecule has 1 fully saturated rings. The second kappa shape index (κ2) is 3.17. The van der Waals surface area contributed by atoms with E-state index < -0.39 is 0 Å². The van der Waals surface area contributed by atoms with E-state index in [0.29, 0.717) is 5.78 Å². The molecular formula is C10H18O2. The summed E-state index contributed by atoms with van der Waals surface area (Å²) in [6, 6.07) is 0. The Morgan fingerprint density at radius 1 is 1.50 bits per heavy atom. The van der Waals surface area contributed by atoms with Gasteiger partial charge in [-0.3, -0.25) is 4.79 Å². The van der Waals surface area contributed by atoms with Crippen molar-refractivity contribution in [2.75, 3.05) is 6.61 Å². The zero-order chi connectivity index (χ0) is 9.35. The first-order valence-corrected chi connectivity index (χ1v) is 4.62. The Bertz CT molecular complexity index is 179. The van der Waals surface area contributed by atoms with Gasteiger partial charge in [0.1, 0.15) is 5.78 Å². The van der Waals surface area contributed by atoms with Crippen molar-refractivity contribution in [1.82, 2.24) is 0 Å². The number of hydrogen-bond acceptors (Lipinski definition) is 2. The number of Topliss-reactive ketones (excluding diaryl/α,β-unsaturated/α-hetero) is 1. The molecule has 2 heteroatoms. The molecule has 2 nitrogen and oxygen atoms in total. The van der Waals surface area contributed by atoms with Crippen LogP contribution < -0.4 is 0 Å². The normalized spacial score (nSPS) is 28.7. The average Bonchev–Trinajstić information content (AvgIpc) is 2.65. The largest absolute Gasteiger partial charge is 0.378 e. The average molecular weight is 170 g/mol. The molecule has 1 aliphatic rings. The maximum Gasteiger partial charge on any atom is 0.143 e. The Kier molecular flexibility index (Phi) is 2.57. The van der Waals surface area contributed by atoms with E-state index >= 15 is 0 Å². The van der Waals surface area contributed by atoms with Crippen LogP contribution in [0.25, 0.3) is 0 Å². The summed E-state index contributed by atoms with van der Waals surface area (Å²) in [6.45, 7) is 8.60. The summed E-state index contributed by atoms with van der Waals surface area (Å²) in [5.74, 6) is 0.533. The van der Waals surface area contributed by atoms with Crippen LogP contribution in [0.3, 0.4) is 0 Å². The molecule has 2 unspecified atom stereocenters. The molecule has 12 heavy (non-hydrogen) atoms. The van der Waals surface area contributed by atoms with Crippen LogP contribution in [0.5, 0.6) is 0 Å². The fourth-order valence-corrected chi connectivity index (χ4v) is 1.40. The molecule has 0 bridgehead atoms. The van der Waals surface area contributed by atoms with E-state index in [2.05, 4.69) is 0 Å². The summed E-state index contributed by atoms with van der Waals surface area (Å²) < 4.78 is 5.36.